The van der Waals surface area contributed by atoms with Crippen LogP contribution < -0.4 is 10.6 Å². The average molecular weight is 591 g/mol. The molecule has 3 aromatic carbocycles. The molecule has 4 amide bonds. The number of hydrogen-bond acceptors (Lipinski definition) is 6. The fourth-order valence-corrected chi connectivity index (χ4v) is 5.84. The molecule has 1 atom stereocenters. The maximum Gasteiger partial charge on any atom is 0.334 e. The molecular weight excluding hydrogens is 556 g/mol. The van der Waals surface area contributed by atoms with Crippen LogP contribution in [0.3, 0.4) is 0 Å². The van der Waals surface area contributed by atoms with Gasteiger partial charge in [-0.15, -0.1) is 0 Å². The van der Waals surface area contributed by atoms with Gasteiger partial charge in [-0.2, -0.15) is 0 Å². The monoisotopic (exact) mass is 590 g/mol. The van der Waals surface area contributed by atoms with Gasteiger partial charge in [0, 0.05) is 31.7 Å². The maximum absolute atomic E-state index is 14.0. The number of likely N-dealkylation sites (N-methyl/N-ethyl adjacent to an activating group) is 1. The van der Waals surface area contributed by atoms with Crippen molar-refractivity contribution in [2.24, 2.45) is 0 Å². The molecule has 4 aromatic rings. The SMILES string of the molecule is CN1CC(=O)N(C(/C=C/c2ccc(O)cc2)C(=O)NCc2cccc3cccnc23)C2(CC2)N1C(=O)NCc1ccccc1. The molecular formula is C34H34N6O4. The number of phenols is 1. The summed E-state index contributed by atoms with van der Waals surface area (Å²) in [6.45, 7) is 0.481. The molecule has 1 spiro atoms. The van der Waals surface area contributed by atoms with Crippen molar-refractivity contribution in [2.75, 3.05) is 13.6 Å². The van der Waals surface area contributed by atoms with E-state index in [4.69, 9.17) is 0 Å². The summed E-state index contributed by atoms with van der Waals surface area (Å²) in [6.07, 6.45) is 6.23. The first-order valence-electron chi connectivity index (χ1n) is 14.6. The molecule has 10 heteroatoms. The third-order valence-electron chi connectivity index (χ3n) is 8.07. The van der Waals surface area contributed by atoms with Gasteiger partial charge in [0.2, 0.25) is 11.8 Å². The Labute approximate surface area is 255 Å². The van der Waals surface area contributed by atoms with Crippen molar-refractivity contribution in [1.82, 2.24) is 30.5 Å². The number of phenolic OH excluding ortho intramolecular Hbond substituents is 1. The van der Waals surface area contributed by atoms with E-state index in [1.165, 1.54) is 0 Å². The van der Waals surface area contributed by atoms with E-state index in [9.17, 15) is 19.5 Å². The first-order chi connectivity index (χ1) is 21.4. The minimum Gasteiger partial charge on any atom is -0.508 e. The van der Waals surface area contributed by atoms with Gasteiger partial charge >= 0.3 is 6.03 Å². The molecule has 224 valence electrons. The molecule has 1 unspecified atom stereocenters. The lowest BCUT2D eigenvalue weighted by molar-refractivity contribution is -0.174. The Morgan fingerprint density at radius 2 is 1.70 bits per heavy atom. The number of hydrogen-bond donors (Lipinski definition) is 3. The number of benzene rings is 3. The summed E-state index contributed by atoms with van der Waals surface area (Å²) < 4.78 is 0. The van der Waals surface area contributed by atoms with Gasteiger partial charge in [-0.1, -0.05) is 78.9 Å². The van der Waals surface area contributed by atoms with Crippen LogP contribution in [0.2, 0.25) is 0 Å². The van der Waals surface area contributed by atoms with E-state index in [-0.39, 0.29) is 36.7 Å². The molecule has 0 radical (unpaired) electrons. The molecule has 1 aromatic heterocycles. The Kier molecular flexibility index (Phi) is 7.99. The number of carbonyl (C=O) groups excluding carboxylic acids is 3. The lowest BCUT2D eigenvalue weighted by Crippen LogP contribution is -2.71. The van der Waals surface area contributed by atoms with Crippen LogP contribution in [-0.4, -0.2) is 68.2 Å². The van der Waals surface area contributed by atoms with Crippen LogP contribution in [0.25, 0.3) is 17.0 Å². The number of fused-ring (bicyclic) bond motifs is 1. The number of aromatic hydroxyl groups is 1. The molecule has 6 rings (SSSR count). The van der Waals surface area contributed by atoms with Crippen LogP contribution in [0.15, 0.2) is 97.2 Å². The Morgan fingerprint density at radius 3 is 2.45 bits per heavy atom. The van der Waals surface area contributed by atoms with Crippen LogP contribution in [0, 0.1) is 0 Å². The highest BCUT2D eigenvalue weighted by Crippen LogP contribution is 2.49. The van der Waals surface area contributed by atoms with Crippen molar-refractivity contribution in [3.05, 3.63) is 114 Å². The largest absolute Gasteiger partial charge is 0.508 e. The number of para-hydroxylation sites is 1. The Hall–Kier alpha value is -5.22. The topological polar surface area (TPSA) is 118 Å². The lowest BCUT2D eigenvalue weighted by Gasteiger charge is -2.50. The fourth-order valence-electron chi connectivity index (χ4n) is 5.84. The summed E-state index contributed by atoms with van der Waals surface area (Å²) in [5.74, 6) is -0.496. The molecule has 2 aliphatic rings. The molecule has 3 N–H and O–H groups in total. The van der Waals surface area contributed by atoms with E-state index in [0.29, 0.717) is 19.4 Å². The highest BCUT2D eigenvalue weighted by molar-refractivity contribution is 5.93. The van der Waals surface area contributed by atoms with E-state index >= 15 is 0 Å². The van der Waals surface area contributed by atoms with Crippen LogP contribution in [-0.2, 0) is 22.7 Å². The smallest absolute Gasteiger partial charge is 0.334 e. The van der Waals surface area contributed by atoms with Crippen LogP contribution >= 0.6 is 0 Å². The maximum atomic E-state index is 14.0. The quantitative estimate of drug-likeness (QED) is 0.285. The highest BCUT2D eigenvalue weighted by Gasteiger charge is 2.63. The third-order valence-corrected chi connectivity index (χ3v) is 8.07. The molecule has 44 heavy (non-hydrogen) atoms. The minimum absolute atomic E-state index is 0.0649. The molecule has 1 saturated carbocycles. The Morgan fingerprint density at radius 1 is 0.955 bits per heavy atom. The number of nitrogens with zero attached hydrogens (tertiary/aromatic N) is 4. The highest BCUT2D eigenvalue weighted by atomic mass is 16.3. The fraction of sp³-hybridized carbons (Fsp3) is 0.235. The van der Waals surface area contributed by atoms with Gasteiger partial charge < -0.3 is 20.6 Å². The number of hydrazine groups is 1. The van der Waals surface area contributed by atoms with Crippen molar-refractivity contribution < 1.29 is 19.5 Å². The summed E-state index contributed by atoms with van der Waals surface area (Å²) in [5.41, 5.74) is 2.37. The molecule has 1 saturated heterocycles. The van der Waals surface area contributed by atoms with Crippen molar-refractivity contribution in [3.63, 3.8) is 0 Å². The van der Waals surface area contributed by atoms with Crippen molar-refractivity contribution in [2.45, 2.75) is 37.6 Å². The second-order valence-electron chi connectivity index (χ2n) is 11.1. The van der Waals surface area contributed by atoms with E-state index in [0.717, 1.165) is 27.6 Å². The van der Waals surface area contributed by atoms with E-state index in [2.05, 4.69) is 15.6 Å². The molecule has 2 heterocycles. The first kappa shape index (κ1) is 28.9. The summed E-state index contributed by atoms with van der Waals surface area (Å²) in [5, 5.41) is 19.9. The van der Waals surface area contributed by atoms with E-state index < -0.39 is 11.7 Å². The van der Waals surface area contributed by atoms with Gasteiger partial charge in [0.1, 0.15) is 17.5 Å². The zero-order valence-electron chi connectivity index (χ0n) is 24.4. The normalized spacial score (nSPS) is 16.8. The van der Waals surface area contributed by atoms with Crippen molar-refractivity contribution in [3.8, 4) is 5.75 Å². The van der Waals surface area contributed by atoms with E-state index in [1.807, 2.05) is 60.7 Å². The van der Waals surface area contributed by atoms with Gasteiger partial charge in [0.05, 0.1) is 12.1 Å². The van der Waals surface area contributed by atoms with E-state index in [1.54, 1.807) is 64.6 Å². The number of nitrogens with one attached hydrogen (secondary N) is 2. The van der Waals surface area contributed by atoms with Gasteiger partial charge in [-0.3, -0.25) is 14.6 Å². The zero-order chi connectivity index (χ0) is 30.7. The van der Waals surface area contributed by atoms with Crippen molar-refractivity contribution >= 4 is 34.8 Å². The van der Waals surface area contributed by atoms with Gasteiger partial charge in [-0.25, -0.2) is 14.8 Å². The Balaban J connectivity index is 1.29. The number of urea groups is 1. The van der Waals surface area contributed by atoms with Crippen LogP contribution in [0.1, 0.15) is 29.5 Å². The molecule has 0 bridgehead atoms. The summed E-state index contributed by atoms with van der Waals surface area (Å²) in [4.78, 5) is 47.4. The number of pyridine rings is 1. The number of aromatic nitrogens is 1. The number of carbonyl (C=O) groups is 3. The van der Waals surface area contributed by atoms with Crippen LogP contribution in [0.4, 0.5) is 4.79 Å². The molecule has 2 fully saturated rings. The summed E-state index contributed by atoms with van der Waals surface area (Å²) in [7, 11) is 1.71. The van der Waals surface area contributed by atoms with Crippen LogP contribution in [0.5, 0.6) is 5.75 Å². The lowest BCUT2D eigenvalue weighted by atomic mass is 10.1. The minimum atomic E-state index is -1.00. The standard InChI is InChI=1S/C34H34N6O4/c1-38-23-30(42)39(34(18-19-34)40(38)33(44)37-21-25-7-3-2-4-8-25)29(17-14-24-12-15-28(41)16-13-24)32(43)36-22-27-10-5-9-26-11-6-20-35-31(26)27/h2-17,20,29,41H,18-19,21-23H2,1H3,(H,36,43)(H,37,44)/b17-14+. The average Bonchev–Trinajstić information content (AvgIpc) is 3.81. The predicted molar refractivity (Wildman–Crippen MR) is 166 cm³/mol. The summed E-state index contributed by atoms with van der Waals surface area (Å²) >= 11 is 0. The third kappa shape index (κ3) is 5.84. The van der Waals surface area contributed by atoms with Gasteiger partial charge in [0.25, 0.3) is 0 Å². The zero-order valence-corrected chi connectivity index (χ0v) is 24.4. The Bertz CT molecular complexity index is 1700. The van der Waals surface area contributed by atoms with Gasteiger partial charge in [0.15, 0.2) is 0 Å². The molecule has 1 aliphatic heterocycles. The molecule has 1 aliphatic carbocycles. The van der Waals surface area contributed by atoms with Crippen molar-refractivity contribution in [1.29, 1.82) is 0 Å². The number of rotatable bonds is 8. The second-order valence-corrected chi connectivity index (χ2v) is 11.1. The second kappa shape index (κ2) is 12.2. The number of amides is 4. The predicted octanol–water partition coefficient (Wildman–Crippen LogP) is 4.03. The molecule has 10 nitrogen and oxygen atoms in total. The summed E-state index contributed by atoms with van der Waals surface area (Å²) in [6, 6.07) is 24.5. The first-order valence-corrected chi connectivity index (χ1v) is 14.6. The van der Waals surface area contributed by atoms with Gasteiger partial charge in [-0.05, 0) is 47.7 Å².